The van der Waals surface area contributed by atoms with Crippen LogP contribution in [0.15, 0.2) is 48.2 Å². The van der Waals surface area contributed by atoms with Crippen LogP contribution in [0.2, 0.25) is 0 Å². The van der Waals surface area contributed by atoms with Crippen LogP contribution >= 0.6 is 0 Å². The Morgan fingerprint density at radius 3 is 2.34 bits per heavy atom. The van der Waals surface area contributed by atoms with Gasteiger partial charge in [0.25, 0.3) is 11.7 Å². The number of hydrogen-bond donors (Lipinski definition) is 1. The monoisotopic (exact) mass is 474 g/mol. The summed E-state index contributed by atoms with van der Waals surface area (Å²) in [6.45, 7) is 12.8. The van der Waals surface area contributed by atoms with Crippen molar-refractivity contribution in [1.29, 1.82) is 0 Å². The van der Waals surface area contributed by atoms with Gasteiger partial charge in [0.05, 0.1) is 17.3 Å². The van der Waals surface area contributed by atoms with E-state index < -0.39 is 17.7 Å². The number of pyridine rings is 1. The van der Waals surface area contributed by atoms with Crippen LogP contribution in [-0.4, -0.2) is 62.2 Å². The summed E-state index contributed by atoms with van der Waals surface area (Å²) in [4.78, 5) is 35.1. The van der Waals surface area contributed by atoms with Crippen LogP contribution in [0.5, 0.6) is 0 Å². The molecule has 35 heavy (non-hydrogen) atoms. The fourth-order valence-corrected chi connectivity index (χ4v) is 4.86. The zero-order valence-electron chi connectivity index (χ0n) is 21.2. The number of aryl methyl sites for hydroxylation is 3. The first kappa shape index (κ1) is 24.7. The Bertz CT molecular complexity index is 1290. The quantitative estimate of drug-likeness (QED) is 0.300. The molecule has 7 heteroatoms. The highest BCUT2D eigenvalue weighted by Gasteiger charge is 2.46. The van der Waals surface area contributed by atoms with Gasteiger partial charge in [-0.1, -0.05) is 51.1 Å². The van der Waals surface area contributed by atoms with Crippen molar-refractivity contribution in [3.8, 4) is 0 Å². The Hall–Kier alpha value is -3.45. The number of amides is 1. The molecule has 3 aromatic rings. The van der Waals surface area contributed by atoms with Gasteiger partial charge in [0.1, 0.15) is 11.3 Å². The molecule has 4 rings (SSSR count). The first-order valence-corrected chi connectivity index (χ1v) is 12.4. The molecule has 0 radical (unpaired) electrons. The van der Waals surface area contributed by atoms with Crippen LogP contribution in [0.4, 0.5) is 0 Å². The molecule has 0 aliphatic carbocycles. The third kappa shape index (κ3) is 4.36. The van der Waals surface area contributed by atoms with Crippen LogP contribution in [0.25, 0.3) is 11.4 Å². The highest BCUT2D eigenvalue weighted by Crippen LogP contribution is 2.39. The number of aliphatic hydroxyl groups excluding tert-OH is 1. The number of likely N-dealkylation sites (tertiary alicyclic amines) is 1. The average Bonchev–Trinajstić information content (AvgIpc) is 3.34. The fourth-order valence-electron chi connectivity index (χ4n) is 4.86. The molecule has 7 nitrogen and oxygen atoms in total. The third-order valence-electron chi connectivity index (χ3n) is 7.10. The minimum absolute atomic E-state index is 0.1000. The molecule has 1 aliphatic heterocycles. The molecular formula is C28H34N4O3. The van der Waals surface area contributed by atoms with E-state index in [4.69, 9.17) is 0 Å². The molecule has 1 atom stereocenters. The molecular weight excluding hydrogens is 440 g/mol. The second-order valence-corrected chi connectivity index (χ2v) is 9.05. The Morgan fingerprint density at radius 1 is 1.06 bits per heavy atom. The normalized spacial score (nSPS) is 17.8. The van der Waals surface area contributed by atoms with E-state index in [1.807, 2.05) is 60.8 Å². The molecule has 2 aromatic heterocycles. The summed E-state index contributed by atoms with van der Waals surface area (Å²) in [5.74, 6) is -1.47. The van der Waals surface area contributed by atoms with Gasteiger partial charge in [0.15, 0.2) is 5.76 Å². The molecule has 1 aromatic carbocycles. The van der Waals surface area contributed by atoms with Gasteiger partial charge in [0.2, 0.25) is 0 Å². The number of carbonyl (C=O) groups excluding carboxylic acids is 2. The van der Waals surface area contributed by atoms with Gasteiger partial charge in [-0.15, -0.1) is 0 Å². The van der Waals surface area contributed by atoms with Crippen molar-refractivity contribution in [3.63, 3.8) is 0 Å². The van der Waals surface area contributed by atoms with Gasteiger partial charge in [-0.2, -0.15) is 0 Å². The molecule has 1 fully saturated rings. The number of aliphatic hydroxyl groups is 1. The number of nitrogens with zero attached hydrogens (tertiary/aromatic N) is 4. The average molecular weight is 475 g/mol. The van der Waals surface area contributed by atoms with Crippen LogP contribution in [-0.2, 0) is 16.0 Å². The SMILES string of the molecule is CCc1ccc(C2/C(=C(\O)c3nc4c(C)cccn4c3C)C(=O)C(=O)N2CCN(CC)CC)cc1. The summed E-state index contributed by atoms with van der Waals surface area (Å²) >= 11 is 0. The Morgan fingerprint density at radius 2 is 1.74 bits per heavy atom. The van der Waals surface area contributed by atoms with Gasteiger partial charge in [-0.25, -0.2) is 4.98 Å². The summed E-state index contributed by atoms with van der Waals surface area (Å²) in [6.07, 6.45) is 2.77. The number of imidazole rings is 1. The number of ketones is 1. The maximum absolute atomic E-state index is 13.4. The second-order valence-electron chi connectivity index (χ2n) is 9.05. The largest absolute Gasteiger partial charge is 0.505 e. The molecule has 3 heterocycles. The number of Topliss-reactive ketones (excluding diaryl/α,β-unsaturated/α-hetero) is 1. The number of carbonyl (C=O) groups is 2. The maximum Gasteiger partial charge on any atom is 0.295 e. The maximum atomic E-state index is 13.4. The standard InChI is InChI=1S/C28H34N4O3/c1-6-20-11-13-21(14-12-20)24-22(26(34)28(35)32(24)17-16-30(7-2)8-3)25(33)23-19(5)31-15-9-10-18(4)27(31)29-23/h9-15,24,33H,6-8,16-17H2,1-5H3/b25-22+. The van der Waals surface area contributed by atoms with Crippen molar-refractivity contribution in [2.75, 3.05) is 26.2 Å². The molecule has 0 saturated carbocycles. The van der Waals surface area contributed by atoms with Crippen LogP contribution in [0.3, 0.4) is 0 Å². The summed E-state index contributed by atoms with van der Waals surface area (Å²) in [6, 6.07) is 11.1. The number of aromatic nitrogens is 2. The molecule has 0 spiro atoms. The molecule has 1 unspecified atom stereocenters. The van der Waals surface area contributed by atoms with Crippen LogP contribution in [0, 0.1) is 13.8 Å². The lowest BCUT2D eigenvalue weighted by atomic mass is 9.95. The van der Waals surface area contributed by atoms with Gasteiger partial charge < -0.3 is 19.3 Å². The summed E-state index contributed by atoms with van der Waals surface area (Å²) in [5, 5.41) is 11.5. The zero-order chi connectivity index (χ0) is 25.3. The van der Waals surface area contributed by atoms with Crippen LogP contribution < -0.4 is 0 Å². The molecule has 184 valence electrons. The smallest absolute Gasteiger partial charge is 0.295 e. The van der Waals surface area contributed by atoms with Crippen molar-refractivity contribution in [2.45, 2.75) is 47.1 Å². The van der Waals surface area contributed by atoms with E-state index in [1.165, 1.54) is 5.56 Å². The van der Waals surface area contributed by atoms with E-state index in [0.717, 1.165) is 36.3 Å². The lowest BCUT2D eigenvalue weighted by molar-refractivity contribution is -0.140. The van der Waals surface area contributed by atoms with E-state index in [0.29, 0.717) is 24.4 Å². The summed E-state index contributed by atoms with van der Waals surface area (Å²) in [5.41, 5.74) is 4.79. The Labute approximate surface area is 206 Å². The van der Waals surface area contributed by atoms with Gasteiger partial charge in [-0.05, 0) is 56.1 Å². The zero-order valence-corrected chi connectivity index (χ0v) is 21.2. The minimum atomic E-state index is -0.667. The molecule has 1 N–H and O–H groups in total. The van der Waals surface area contributed by atoms with Crippen molar-refractivity contribution in [1.82, 2.24) is 19.2 Å². The second kappa shape index (κ2) is 10.0. The number of likely N-dealkylation sites (N-methyl/N-ethyl adjacent to an activating group) is 1. The Kier molecular flexibility index (Phi) is 7.08. The highest BCUT2D eigenvalue weighted by molar-refractivity contribution is 6.46. The predicted octanol–water partition coefficient (Wildman–Crippen LogP) is 4.28. The fraction of sp³-hybridized carbons (Fsp3) is 0.393. The number of fused-ring (bicyclic) bond motifs is 1. The summed E-state index contributed by atoms with van der Waals surface area (Å²) < 4.78 is 1.89. The molecule has 0 bridgehead atoms. The predicted molar refractivity (Wildman–Crippen MR) is 137 cm³/mol. The van der Waals surface area contributed by atoms with Crippen LogP contribution in [0.1, 0.15) is 54.9 Å². The lowest BCUT2D eigenvalue weighted by Gasteiger charge is -2.28. The first-order chi connectivity index (χ1) is 16.8. The first-order valence-electron chi connectivity index (χ1n) is 12.4. The van der Waals surface area contributed by atoms with Crippen molar-refractivity contribution < 1.29 is 14.7 Å². The van der Waals surface area contributed by atoms with Gasteiger partial charge in [-0.3, -0.25) is 9.59 Å². The topological polar surface area (TPSA) is 78.1 Å². The van der Waals surface area contributed by atoms with Crippen molar-refractivity contribution >= 4 is 23.1 Å². The van der Waals surface area contributed by atoms with E-state index >= 15 is 0 Å². The van der Waals surface area contributed by atoms with E-state index in [2.05, 4.69) is 30.7 Å². The number of benzene rings is 1. The van der Waals surface area contributed by atoms with E-state index in [-0.39, 0.29) is 11.3 Å². The van der Waals surface area contributed by atoms with Crippen molar-refractivity contribution in [2.24, 2.45) is 0 Å². The van der Waals surface area contributed by atoms with Crippen molar-refractivity contribution in [3.05, 3.63) is 76.2 Å². The van der Waals surface area contributed by atoms with E-state index in [1.54, 1.807) is 4.90 Å². The third-order valence-corrected chi connectivity index (χ3v) is 7.10. The summed E-state index contributed by atoms with van der Waals surface area (Å²) in [7, 11) is 0. The van der Waals surface area contributed by atoms with Gasteiger partial charge in [0, 0.05) is 19.3 Å². The van der Waals surface area contributed by atoms with Gasteiger partial charge >= 0.3 is 0 Å². The number of hydrogen-bond acceptors (Lipinski definition) is 5. The minimum Gasteiger partial charge on any atom is -0.505 e. The van der Waals surface area contributed by atoms with E-state index in [9.17, 15) is 14.7 Å². The molecule has 1 saturated heterocycles. The highest BCUT2D eigenvalue weighted by atomic mass is 16.3. The Balaban J connectivity index is 1.86. The molecule has 1 aliphatic rings. The molecule has 1 amide bonds. The lowest BCUT2D eigenvalue weighted by Crippen LogP contribution is -2.38. The number of rotatable bonds is 8.